The minimum absolute atomic E-state index is 0.0887. The molecule has 2 saturated carbocycles. The fourth-order valence-corrected chi connectivity index (χ4v) is 4.05. The number of imidazole rings is 1. The van der Waals surface area contributed by atoms with Gasteiger partial charge in [0.25, 0.3) is 5.69 Å². The second-order valence-corrected chi connectivity index (χ2v) is 6.36. The van der Waals surface area contributed by atoms with E-state index in [4.69, 9.17) is 0 Å². The first-order chi connectivity index (χ1) is 10.2. The third-order valence-corrected chi connectivity index (χ3v) is 5.09. The van der Waals surface area contributed by atoms with Crippen LogP contribution < -0.4 is 5.32 Å². The molecule has 1 heterocycles. The smallest absolute Gasteiger partial charge is 0.271 e. The van der Waals surface area contributed by atoms with Gasteiger partial charge in [-0.2, -0.15) is 0 Å². The fourth-order valence-electron chi connectivity index (χ4n) is 4.05. The van der Waals surface area contributed by atoms with Gasteiger partial charge >= 0.3 is 0 Å². The number of nitro benzene ring substituents is 1. The van der Waals surface area contributed by atoms with Crippen LogP contribution in [0.15, 0.2) is 18.2 Å². The Bertz CT molecular complexity index is 696. The van der Waals surface area contributed by atoms with Crippen molar-refractivity contribution in [3.8, 4) is 0 Å². The molecule has 2 fully saturated rings. The van der Waals surface area contributed by atoms with E-state index in [0.29, 0.717) is 11.5 Å². The highest BCUT2D eigenvalue weighted by atomic mass is 16.6. The molecule has 4 rings (SSSR count). The van der Waals surface area contributed by atoms with E-state index in [2.05, 4.69) is 15.3 Å². The first-order valence-electron chi connectivity index (χ1n) is 7.57. The quantitative estimate of drug-likeness (QED) is 0.667. The molecule has 0 amide bonds. The van der Waals surface area contributed by atoms with Crippen LogP contribution in [0.4, 0.5) is 11.6 Å². The summed E-state index contributed by atoms with van der Waals surface area (Å²) in [7, 11) is 0. The summed E-state index contributed by atoms with van der Waals surface area (Å²) in [6.45, 7) is 0.948. The monoisotopic (exact) mass is 286 g/mol. The predicted molar refractivity (Wildman–Crippen MR) is 80.2 cm³/mol. The van der Waals surface area contributed by atoms with Gasteiger partial charge in [-0.1, -0.05) is 6.42 Å². The van der Waals surface area contributed by atoms with Crippen molar-refractivity contribution in [1.82, 2.24) is 9.97 Å². The lowest BCUT2D eigenvalue weighted by molar-refractivity contribution is -0.384. The number of H-pyrrole nitrogens is 1. The molecular formula is C15H18N4O2. The van der Waals surface area contributed by atoms with E-state index in [0.717, 1.165) is 29.8 Å². The number of hydrogen-bond acceptors (Lipinski definition) is 4. The number of fused-ring (bicyclic) bond motifs is 3. The molecule has 0 spiro atoms. The molecule has 0 aliphatic heterocycles. The van der Waals surface area contributed by atoms with Gasteiger partial charge in [0.2, 0.25) is 5.95 Å². The van der Waals surface area contributed by atoms with Crippen molar-refractivity contribution in [2.75, 3.05) is 11.9 Å². The van der Waals surface area contributed by atoms with Gasteiger partial charge in [-0.25, -0.2) is 4.98 Å². The zero-order valence-electron chi connectivity index (χ0n) is 11.7. The van der Waals surface area contributed by atoms with Gasteiger partial charge in [0, 0.05) is 18.7 Å². The highest BCUT2D eigenvalue weighted by Crippen LogP contribution is 2.48. The zero-order chi connectivity index (χ0) is 14.4. The van der Waals surface area contributed by atoms with Crippen LogP contribution in [0.5, 0.6) is 0 Å². The molecule has 1 aromatic carbocycles. The number of aromatic nitrogens is 2. The van der Waals surface area contributed by atoms with Crippen molar-refractivity contribution in [2.24, 2.45) is 17.8 Å². The Morgan fingerprint density at radius 2 is 2.29 bits per heavy atom. The van der Waals surface area contributed by atoms with Gasteiger partial charge < -0.3 is 10.3 Å². The number of benzene rings is 1. The summed E-state index contributed by atoms with van der Waals surface area (Å²) in [5.41, 5.74) is 1.56. The molecular weight excluding hydrogens is 268 g/mol. The molecule has 2 N–H and O–H groups in total. The Labute approximate surface area is 122 Å². The first-order valence-corrected chi connectivity index (χ1v) is 7.57. The number of rotatable bonds is 4. The summed E-state index contributed by atoms with van der Waals surface area (Å²) >= 11 is 0. The Kier molecular flexibility index (Phi) is 2.83. The SMILES string of the molecule is O=[N+]([O-])c1ccc2nc(NCC3CC4CCC3C4)[nH]c2c1. The normalized spacial score (nSPS) is 27.3. The molecule has 6 nitrogen and oxygen atoms in total. The molecule has 3 unspecified atom stereocenters. The van der Waals surface area contributed by atoms with E-state index in [1.165, 1.54) is 37.8 Å². The highest BCUT2D eigenvalue weighted by Gasteiger charge is 2.39. The summed E-state index contributed by atoms with van der Waals surface area (Å²) in [6, 6.07) is 4.71. The molecule has 110 valence electrons. The molecule has 1 aromatic heterocycles. The third kappa shape index (κ3) is 2.24. The van der Waals surface area contributed by atoms with Crippen LogP contribution in [0.25, 0.3) is 11.0 Å². The van der Waals surface area contributed by atoms with Crippen molar-refractivity contribution in [2.45, 2.75) is 25.7 Å². The van der Waals surface area contributed by atoms with Crippen LogP contribution in [0.1, 0.15) is 25.7 Å². The molecule has 21 heavy (non-hydrogen) atoms. The van der Waals surface area contributed by atoms with E-state index >= 15 is 0 Å². The number of nitrogens with one attached hydrogen (secondary N) is 2. The molecule has 0 radical (unpaired) electrons. The predicted octanol–water partition coefficient (Wildman–Crippen LogP) is 3.32. The molecule has 0 saturated heterocycles. The summed E-state index contributed by atoms with van der Waals surface area (Å²) in [4.78, 5) is 18.0. The van der Waals surface area contributed by atoms with Gasteiger partial charge in [0.1, 0.15) is 0 Å². The van der Waals surface area contributed by atoms with E-state index in [9.17, 15) is 10.1 Å². The molecule has 6 heteroatoms. The van der Waals surface area contributed by atoms with E-state index in [-0.39, 0.29) is 10.6 Å². The third-order valence-electron chi connectivity index (χ3n) is 5.09. The van der Waals surface area contributed by atoms with Crippen LogP contribution in [-0.4, -0.2) is 21.4 Å². The average Bonchev–Trinajstić information content (AvgIpc) is 3.18. The van der Waals surface area contributed by atoms with Crippen molar-refractivity contribution in [3.63, 3.8) is 0 Å². The highest BCUT2D eigenvalue weighted by molar-refractivity contribution is 5.79. The van der Waals surface area contributed by atoms with Gasteiger partial charge in [-0.3, -0.25) is 10.1 Å². The van der Waals surface area contributed by atoms with E-state index in [1.807, 2.05) is 0 Å². The molecule has 2 aromatic rings. The standard InChI is InChI=1S/C15H18N4O2/c20-19(21)12-3-4-13-14(7-12)18-15(17-13)16-8-11-6-9-1-2-10(11)5-9/h3-4,7,9-11H,1-2,5-6,8H2,(H2,16,17,18). The number of non-ortho nitro benzene ring substituents is 1. The van der Waals surface area contributed by atoms with Crippen LogP contribution >= 0.6 is 0 Å². The molecule has 2 aliphatic rings. The van der Waals surface area contributed by atoms with Crippen LogP contribution in [-0.2, 0) is 0 Å². The van der Waals surface area contributed by atoms with Crippen molar-refractivity contribution in [3.05, 3.63) is 28.3 Å². The lowest BCUT2D eigenvalue weighted by Gasteiger charge is -2.21. The van der Waals surface area contributed by atoms with Crippen molar-refractivity contribution >= 4 is 22.7 Å². The Hall–Kier alpha value is -2.11. The van der Waals surface area contributed by atoms with E-state index < -0.39 is 0 Å². The summed E-state index contributed by atoms with van der Waals surface area (Å²) in [5.74, 6) is 3.30. The lowest BCUT2D eigenvalue weighted by Crippen LogP contribution is -2.20. The zero-order valence-corrected chi connectivity index (χ0v) is 11.7. The number of anilines is 1. The average molecular weight is 286 g/mol. The Morgan fingerprint density at radius 3 is 3.00 bits per heavy atom. The molecule has 2 bridgehead atoms. The van der Waals surface area contributed by atoms with Crippen LogP contribution in [0.3, 0.4) is 0 Å². The Morgan fingerprint density at radius 1 is 1.38 bits per heavy atom. The number of aromatic amines is 1. The van der Waals surface area contributed by atoms with Gasteiger partial charge in [0.15, 0.2) is 0 Å². The number of nitrogens with zero attached hydrogens (tertiary/aromatic N) is 2. The second kappa shape index (κ2) is 4.72. The maximum Gasteiger partial charge on any atom is 0.271 e. The summed E-state index contributed by atoms with van der Waals surface area (Å²) < 4.78 is 0. The topological polar surface area (TPSA) is 83.8 Å². The van der Waals surface area contributed by atoms with Gasteiger partial charge in [-0.05, 0) is 43.1 Å². The van der Waals surface area contributed by atoms with Crippen molar-refractivity contribution < 1.29 is 4.92 Å². The first kappa shape index (κ1) is 12.6. The minimum atomic E-state index is -0.386. The van der Waals surface area contributed by atoms with E-state index in [1.54, 1.807) is 6.07 Å². The summed E-state index contributed by atoms with van der Waals surface area (Å²) in [5, 5.41) is 14.2. The van der Waals surface area contributed by atoms with Crippen LogP contribution in [0, 0.1) is 27.9 Å². The van der Waals surface area contributed by atoms with Crippen molar-refractivity contribution in [1.29, 1.82) is 0 Å². The molecule has 2 aliphatic carbocycles. The van der Waals surface area contributed by atoms with Gasteiger partial charge in [-0.15, -0.1) is 0 Å². The van der Waals surface area contributed by atoms with Gasteiger partial charge in [0.05, 0.1) is 16.0 Å². The van der Waals surface area contributed by atoms with Crippen LogP contribution in [0.2, 0.25) is 0 Å². The maximum absolute atomic E-state index is 10.8. The fraction of sp³-hybridized carbons (Fsp3) is 0.533. The minimum Gasteiger partial charge on any atom is -0.356 e. The lowest BCUT2D eigenvalue weighted by atomic mass is 9.89. The Balaban J connectivity index is 1.48. The number of nitro groups is 1. The second-order valence-electron chi connectivity index (χ2n) is 6.36. The summed E-state index contributed by atoms with van der Waals surface area (Å²) in [6.07, 6.45) is 5.53. The maximum atomic E-state index is 10.8. The largest absolute Gasteiger partial charge is 0.356 e. The molecule has 3 atom stereocenters. The number of hydrogen-bond donors (Lipinski definition) is 2.